The van der Waals surface area contributed by atoms with E-state index in [1.165, 1.54) is 4.31 Å². The van der Waals surface area contributed by atoms with Crippen molar-refractivity contribution in [3.8, 4) is 0 Å². The first-order valence-electron chi connectivity index (χ1n) is 9.97. The lowest BCUT2D eigenvalue weighted by Crippen LogP contribution is -2.53. The normalized spacial score (nSPS) is 29.4. The fourth-order valence-electron chi connectivity index (χ4n) is 4.98. The molecular formula is C21H26N2O5S. The van der Waals surface area contributed by atoms with Crippen LogP contribution in [0.25, 0.3) is 0 Å². The number of carbonyl (C=O) groups excluding carboxylic acids is 1. The van der Waals surface area contributed by atoms with Crippen LogP contribution >= 0.6 is 0 Å². The van der Waals surface area contributed by atoms with Crippen LogP contribution in [0, 0.1) is 37.5 Å². The molecule has 1 saturated carbocycles. The molecule has 1 N–H and O–H groups in total. The summed E-state index contributed by atoms with van der Waals surface area (Å²) < 4.78 is 27.6. The molecule has 1 saturated heterocycles. The SMILES string of the molecule is Cc1ccc(C)c(S(=O)(=O)N2CCN(C(=O)[C@H]3[C@H](C(=O)O)[C@H]4C=C[C@H]3C4)CC2)c1. The van der Waals surface area contributed by atoms with Crippen molar-refractivity contribution in [2.45, 2.75) is 25.2 Å². The lowest BCUT2D eigenvalue weighted by Gasteiger charge is -2.37. The van der Waals surface area contributed by atoms with Crippen LogP contribution in [0.5, 0.6) is 0 Å². The average molecular weight is 419 g/mol. The van der Waals surface area contributed by atoms with Crippen molar-refractivity contribution in [1.29, 1.82) is 0 Å². The van der Waals surface area contributed by atoms with Gasteiger partial charge in [-0.05, 0) is 49.3 Å². The topological polar surface area (TPSA) is 95.0 Å². The summed E-state index contributed by atoms with van der Waals surface area (Å²) in [5.41, 5.74) is 1.58. The van der Waals surface area contributed by atoms with Gasteiger partial charge in [-0.25, -0.2) is 8.42 Å². The second-order valence-electron chi connectivity index (χ2n) is 8.34. The molecule has 4 rings (SSSR count). The fourth-order valence-corrected chi connectivity index (χ4v) is 6.71. The quantitative estimate of drug-likeness (QED) is 0.751. The summed E-state index contributed by atoms with van der Waals surface area (Å²) in [6.45, 7) is 4.64. The number of aliphatic carboxylic acids is 1. The minimum Gasteiger partial charge on any atom is -0.481 e. The maximum absolute atomic E-state index is 13.1. The molecule has 29 heavy (non-hydrogen) atoms. The minimum absolute atomic E-state index is 0.0229. The highest BCUT2D eigenvalue weighted by atomic mass is 32.2. The van der Waals surface area contributed by atoms with Crippen LogP contribution in [-0.4, -0.2) is 60.8 Å². The zero-order valence-electron chi connectivity index (χ0n) is 16.6. The molecule has 8 heteroatoms. The maximum atomic E-state index is 13.1. The Balaban J connectivity index is 1.47. The van der Waals surface area contributed by atoms with Crippen LogP contribution < -0.4 is 0 Å². The van der Waals surface area contributed by atoms with Crippen LogP contribution in [0.1, 0.15) is 17.5 Å². The van der Waals surface area contributed by atoms with E-state index in [1.807, 2.05) is 25.1 Å². The molecule has 2 bridgehead atoms. The van der Waals surface area contributed by atoms with Gasteiger partial charge in [0.15, 0.2) is 0 Å². The highest BCUT2D eigenvalue weighted by molar-refractivity contribution is 7.89. The first-order valence-corrected chi connectivity index (χ1v) is 11.4. The van der Waals surface area contributed by atoms with Gasteiger partial charge in [-0.1, -0.05) is 24.3 Å². The number of rotatable bonds is 4. The number of carbonyl (C=O) groups is 2. The van der Waals surface area contributed by atoms with Gasteiger partial charge in [-0.2, -0.15) is 4.31 Å². The van der Waals surface area contributed by atoms with Gasteiger partial charge in [0.05, 0.1) is 16.7 Å². The molecule has 2 aliphatic carbocycles. The van der Waals surface area contributed by atoms with E-state index < -0.39 is 27.8 Å². The number of carboxylic acid groups (broad SMARTS) is 1. The van der Waals surface area contributed by atoms with E-state index in [4.69, 9.17) is 0 Å². The van der Waals surface area contributed by atoms with E-state index in [-0.39, 0.29) is 43.9 Å². The number of fused-ring (bicyclic) bond motifs is 2. The Morgan fingerprint density at radius 3 is 2.24 bits per heavy atom. The number of allylic oxidation sites excluding steroid dienone is 2. The Morgan fingerprint density at radius 1 is 1.00 bits per heavy atom. The molecule has 0 spiro atoms. The van der Waals surface area contributed by atoms with Crippen molar-refractivity contribution in [3.05, 3.63) is 41.5 Å². The Bertz CT molecular complexity index is 979. The maximum Gasteiger partial charge on any atom is 0.307 e. The van der Waals surface area contributed by atoms with E-state index in [0.717, 1.165) is 5.56 Å². The van der Waals surface area contributed by atoms with Crippen LogP contribution in [0.2, 0.25) is 0 Å². The van der Waals surface area contributed by atoms with Gasteiger partial charge in [0, 0.05) is 26.2 Å². The Hall–Kier alpha value is -2.19. The molecular weight excluding hydrogens is 392 g/mol. The van der Waals surface area contributed by atoms with E-state index in [2.05, 4.69) is 0 Å². The van der Waals surface area contributed by atoms with Crippen LogP contribution in [0.15, 0.2) is 35.2 Å². The third kappa shape index (κ3) is 3.38. The van der Waals surface area contributed by atoms with Crippen molar-refractivity contribution >= 4 is 21.9 Å². The third-order valence-electron chi connectivity index (χ3n) is 6.54. The number of amides is 1. The van der Waals surface area contributed by atoms with Gasteiger partial charge >= 0.3 is 5.97 Å². The van der Waals surface area contributed by atoms with Gasteiger partial charge in [-0.3, -0.25) is 9.59 Å². The van der Waals surface area contributed by atoms with Crippen molar-refractivity contribution in [2.24, 2.45) is 23.7 Å². The molecule has 0 unspecified atom stereocenters. The first-order chi connectivity index (χ1) is 13.7. The summed E-state index contributed by atoms with van der Waals surface area (Å²) in [5.74, 6) is -2.38. The van der Waals surface area contributed by atoms with Crippen molar-refractivity contribution in [2.75, 3.05) is 26.2 Å². The van der Waals surface area contributed by atoms with Crippen LogP contribution in [0.3, 0.4) is 0 Å². The van der Waals surface area contributed by atoms with E-state index >= 15 is 0 Å². The second kappa shape index (κ2) is 7.25. The molecule has 1 aliphatic heterocycles. The van der Waals surface area contributed by atoms with Gasteiger partial charge < -0.3 is 10.0 Å². The van der Waals surface area contributed by atoms with Gasteiger partial charge in [0.2, 0.25) is 15.9 Å². The first kappa shape index (κ1) is 20.1. The summed E-state index contributed by atoms with van der Waals surface area (Å²) in [7, 11) is -3.63. The molecule has 1 aromatic carbocycles. The standard InChI is InChI=1S/C21H26N2O5S/c1-13-3-4-14(2)17(11-13)29(27,28)23-9-7-22(8-10-23)20(24)18-15-5-6-16(12-15)19(18)21(25)26/h3-6,11,15-16,18-19H,7-10,12H2,1-2H3,(H,25,26)/t15-,16-,18+,19+/m0/s1. The molecule has 0 radical (unpaired) electrons. The van der Waals surface area contributed by atoms with Gasteiger partial charge in [0.25, 0.3) is 0 Å². The minimum atomic E-state index is -3.63. The van der Waals surface area contributed by atoms with E-state index in [1.54, 1.807) is 24.0 Å². The van der Waals surface area contributed by atoms with Crippen molar-refractivity contribution in [3.63, 3.8) is 0 Å². The Kier molecular flexibility index (Phi) is 5.02. The number of aryl methyl sites for hydroxylation is 2. The lowest BCUT2D eigenvalue weighted by molar-refractivity contribution is -0.151. The molecule has 2 fully saturated rings. The summed E-state index contributed by atoms with van der Waals surface area (Å²) in [4.78, 5) is 26.7. The lowest BCUT2D eigenvalue weighted by atomic mass is 9.82. The van der Waals surface area contributed by atoms with E-state index in [9.17, 15) is 23.1 Å². The van der Waals surface area contributed by atoms with Crippen molar-refractivity contribution < 1.29 is 23.1 Å². The monoisotopic (exact) mass is 418 g/mol. The highest BCUT2D eigenvalue weighted by Crippen LogP contribution is 2.48. The molecule has 1 aromatic rings. The van der Waals surface area contributed by atoms with Crippen molar-refractivity contribution in [1.82, 2.24) is 9.21 Å². The number of carboxylic acids is 1. The summed E-state index contributed by atoms with van der Waals surface area (Å²) >= 11 is 0. The molecule has 1 heterocycles. The summed E-state index contributed by atoms with van der Waals surface area (Å²) in [6.07, 6.45) is 4.60. The number of sulfonamides is 1. The largest absolute Gasteiger partial charge is 0.481 e. The molecule has 7 nitrogen and oxygen atoms in total. The molecule has 0 aromatic heterocycles. The molecule has 156 valence electrons. The zero-order valence-corrected chi connectivity index (χ0v) is 17.4. The number of hydrogen-bond donors (Lipinski definition) is 1. The predicted octanol–water partition coefficient (Wildman–Crippen LogP) is 1.66. The summed E-state index contributed by atoms with van der Waals surface area (Å²) in [5, 5.41) is 9.58. The average Bonchev–Trinajstić information content (AvgIpc) is 3.31. The molecule has 3 aliphatic rings. The van der Waals surface area contributed by atoms with E-state index in [0.29, 0.717) is 16.9 Å². The smallest absolute Gasteiger partial charge is 0.307 e. The van der Waals surface area contributed by atoms with Gasteiger partial charge in [0.1, 0.15) is 0 Å². The molecule has 1 amide bonds. The number of piperazine rings is 1. The molecule has 4 atom stereocenters. The number of hydrogen-bond acceptors (Lipinski definition) is 4. The number of nitrogens with zero attached hydrogens (tertiary/aromatic N) is 2. The summed E-state index contributed by atoms with van der Waals surface area (Å²) in [6, 6.07) is 5.37. The highest BCUT2D eigenvalue weighted by Gasteiger charge is 2.52. The predicted molar refractivity (Wildman–Crippen MR) is 107 cm³/mol. The number of benzene rings is 1. The third-order valence-corrected chi connectivity index (χ3v) is 8.58. The Labute approximate surface area is 171 Å². The van der Waals surface area contributed by atoms with Crippen LogP contribution in [0.4, 0.5) is 0 Å². The van der Waals surface area contributed by atoms with Gasteiger partial charge in [-0.15, -0.1) is 0 Å². The second-order valence-corrected chi connectivity index (χ2v) is 10.2. The zero-order chi connectivity index (χ0) is 20.9. The Morgan fingerprint density at radius 2 is 1.62 bits per heavy atom. The fraction of sp³-hybridized carbons (Fsp3) is 0.524. The van der Waals surface area contributed by atoms with Crippen LogP contribution in [-0.2, 0) is 19.6 Å².